The van der Waals surface area contributed by atoms with Crippen molar-refractivity contribution >= 4 is 67.8 Å². The van der Waals surface area contributed by atoms with Gasteiger partial charge in [-0.1, -0.05) is 137 Å². The summed E-state index contributed by atoms with van der Waals surface area (Å²) >= 11 is 0. The molecule has 144 heavy (non-hydrogen) atoms. The van der Waals surface area contributed by atoms with Crippen LogP contribution in [0.15, 0.2) is 208 Å². The molecule has 4 saturated heterocycles. The van der Waals surface area contributed by atoms with E-state index in [1.54, 1.807) is 68.6 Å². The molecule has 0 spiro atoms. The zero-order valence-electron chi connectivity index (χ0n) is 81.5. The van der Waals surface area contributed by atoms with Gasteiger partial charge in [0.05, 0.1) is 102 Å². The molecule has 768 valence electrons. The van der Waals surface area contributed by atoms with E-state index in [-0.39, 0.29) is 44.6 Å². The predicted molar refractivity (Wildman–Crippen MR) is 520 cm³/mol. The fraction of sp³-hybridized carbons (Fsp3) is 0.406. The van der Waals surface area contributed by atoms with Crippen LogP contribution in [0.5, 0.6) is 23.0 Å². The number of Topliss-reactive ketones (excluding diaryl/α,β-unsaturated/α-hetero) is 1. The number of aliphatic hydroxyl groups excluding tert-OH is 1. The fourth-order valence-electron chi connectivity index (χ4n) is 16.8. The van der Waals surface area contributed by atoms with Crippen molar-refractivity contribution in [2.45, 2.75) is 204 Å². The maximum atomic E-state index is 17.9. The molecule has 4 fully saturated rings. The van der Waals surface area contributed by atoms with Gasteiger partial charge < -0.3 is 89.3 Å². The third-order valence-electron chi connectivity index (χ3n) is 23.9. The van der Waals surface area contributed by atoms with Crippen LogP contribution in [0.25, 0.3) is 49.5 Å². The Morgan fingerprint density at radius 3 is 1.05 bits per heavy atom. The first-order valence-electron chi connectivity index (χ1n) is 46.1. The summed E-state index contributed by atoms with van der Waals surface area (Å²) in [6.45, 7) is 30.7. The number of hydrogen-bond acceptors (Lipinski definition) is 28. The molecular formula is C101H114F7N17NiO16P2. The second-order valence-electron chi connectivity index (χ2n) is 33.0. The van der Waals surface area contributed by atoms with E-state index in [0.717, 1.165) is 35.2 Å². The normalized spacial score (nSPS) is 22.1. The second kappa shape index (κ2) is 51.4. The quantitative estimate of drug-likeness (QED) is 0.0105. The number of alkyl halides is 7. The van der Waals surface area contributed by atoms with Crippen molar-refractivity contribution in [1.82, 2.24) is 78.1 Å². The average Bonchev–Trinajstić information content (AvgIpc) is 1.67. The third-order valence-corrected chi connectivity index (χ3v) is 25.6. The van der Waals surface area contributed by atoms with Crippen molar-refractivity contribution in [2.24, 2.45) is 0 Å². The van der Waals surface area contributed by atoms with Crippen molar-refractivity contribution in [2.75, 3.05) is 61.5 Å². The minimum Gasteiger partial charge on any atom is -0.497 e. The first-order valence-corrected chi connectivity index (χ1v) is 48.6. The molecular weight excluding hydrogens is 1960 g/mol. The topological polar surface area (TPSA) is 345 Å². The number of aryl methyl sites for hydroxylation is 4. The molecule has 4 aliphatic heterocycles. The molecule has 12 heterocycles. The van der Waals surface area contributed by atoms with Gasteiger partial charge in [-0.15, -0.1) is 0 Å². The number of carbonyl (C=O) groups is 1. The van der Waals surface area contributed by atoms with Crippen LogP contribution >= 0.6 is 17.4 Å². The molecule has 18 rings (SSSR count). The van der Waals surface area contributed by atoms with Crippen molar-refractivity contribution < 1.29 is 123 Å². The van der Waals surface area contributed by atoms with Crippen LogP contribution in [0.2, 0.25) is 0 Å². The number of benzene rings is 6. The van der Waals surface area contributed by atoms with E-state index in [2.05, 4.69) is 78.5 Å². The smallest absolute Gasteiger partial charge is 0.497 e. The number of rotatable bonds is 31. The molecule has 33 nitrogen and oxygen atoms in total. The molecule has 0 radical (unpaired) electrons. The monoisotopic (exact) mass is 2070 g/mol. The van der Waals surface area contributed by atoms with Crippen molar-refractivity contribution in [3.05, 3.63) is 290 Å². The Morgan fingerprint density at radius 2 is 0.743 bits per heavy atom. The van der Waals surface area contributed by atoms with Gasteiger partial charge in [0, 0.05) is 15.7 Å². The molecule has 0 amide bonds. The van der Waals surface area contributed by atoms with Gasteiger partial charge in [-0.05, 0) is 129 Å². The standard InChI is InChI=1S/C47H48F2N9O8P.C32H31FN4O5.C13H18FN4O2P.C3H3F3O.2C3H7.Ni/c1-7-35-41(38(49)45(63-35)57-26-55-39-28(2)51-24-53-43(39)57)66-67(61-22-21-50-4)62-23-36-37(48)42(46(64-36)58-27-56-40-29(3)52-25-54-44(40)58)65-47(30-11-9-8-10-12-30,31-13-17-33(59-5)18-14-31)32-15-19-34(60-6)20-16-32;1-20-28-30(35-18-34-20)37(19-36-28)31-29(27(33)26(17-38)41-31)42-32(21-7-5-4-6-8-21,22-9-13-24(39-2)14-10-22)23-11-15-25(40-3)16-12-23;1-4-8-11(20-21-3)9(14)13(19-8)18-6-17-10-7(2)15-5-16-12(10)18;1-2(7)3(4,5)6;2*1-3-2;/h8-20,24-27,35-38,41-42,45-46H,7,21-23H2,1-3,5-6H3;4-16,18-19,26-27,29,31,38H,17H2,1-3H3;5-6,8-9,11,13,21H,4H2,1-3H3;1H3;2*1,3H2,2H3;/q;;;;2*-1;+2/t35-,36?,37+,38+,41?,42?,45-,46?,67?;26?,27-,29?,31?;8-,9+,11?,13-;;;;/m101..../s1. The van der Waals surface area contributed by atoms with Gasteiger partial charge in [-0.2, -0.15) is 26.0 Å². The summed E-state index contributed by atoms with van der Waals surface area (Å²) in [5, 5.41) is 10.1. The van der Waals surface area contributed by atoms with Gasteiger partial charge in [0.25, 0.3) is 0 Å². The van der Waals surface area contributed by atoms with E-state index >= 15 is 13.2 Å². The average molecular weight is 2080 g/mol. The first kappa shape index (κ1) is 111. The summed E-state index contributed by atoms with van der Waals surface area (Å²) in [5.41, 5.74) is 8.35. The minimum atomic E-state index is -4.64. The molecule has 18 atom stereocenters. The van der Waals surface area contributed by atoms with E-state index in [1.165, 1.54) is 42.5 Å². The van der Waals surface area contributed by atoms with Crippen LogP contribution in [0.4, 0.5) is 30.7 Å². The Bertz CT molecular complexity index is 6360. The maximum Gasteiger partial charge on any atom is 2.00 e. The van der Waals surface area contributed by atoms with Crippen molar-refractivity contribution in [3.63, 3.8) is 0 Å². The summed E-state index contributed by atoms with van der Waals surface area (Å²) < 4.78 is 190. The van der Waals surface area contributed by atoms with Gasteiger partial charge >= 0.3 is 31.3 Å². The summed E-state index contributed by atoms with van der Waals surface area (Å²) in [5.74, 6) is 0.809. The first-order chi connectivity index (χ1) is 69.1. The van der Waals surface area contributed by atoms with Crippen LogP contribution in [0.3, 0.4) is 0 Å². The number of halogens is 7. The molecule has 6 aromatic carbocycles. The van der Waals surface area contributed by atoms with Gasteiger partial charge in [-0.3, -0.25) is 23.1 Å². The molecule has 0 bridgehead atoms. The molecule has 1 N–H and O–H groups in total. The van der Waals surface area contributed by atoms with E-state index in [1.807, 2.05) is 206 Å². The largest absolute Gasteiger partial charge is 2.00 e. The summed E-state index contributed by atoms with van der Waals surface area (Å²) in [6, 6.07) is 48.9. The van der Waals surface area contributed by atoms with E-state index in [4.69, 9.17) is 72.0 Å². The predicted octanol–water partition coefficient (Wildman–Crippen LogP) is 18.9. The molecule has 8 aromatic heterocycles. The summed E-state index contributed by atoms with van der Waals surface area (Å²) in [7, 11) is 4.19. The summed E-state index contributed by atoms with van der Waals surface area (Å²) in [6.07, 6.45) is -8.03. The Labute approximate surface area is 842 Å². The van der Waals surface area contributed by atoms with Crippen LogP contribution in [-0.2, 0) is 79.0 Å². The SMILES string of the molecule is CC(=O)C(F)(F)F.CC[C@H]1O[C@@H](n2cnc3c(C)ncnc32)[C@@H](F)C1OPC.COc1ccc(C(OC2C(n3cnc4c(C)ncnc43)OC(CO)[C@@H]2F)(c2ccccc2)c2ccc(OC)cc2)cc1.[C-]#[N+]CCOP(OCC1OC(n2cnc3c(C)ncnc32)C(OC(c2ccccc2)(c2ccc(OC)cc2)c2ccc(OC)cc2)[C@H]1F)OC1[C@@H](CC)O[C@@H](n2cnc3c(C)ncnc32)[C@H]1F.[CH2-]CC.[CH2-]CC.[Ni+2]. The van der Waals surface area contributed by atoms with E-state index < -0.39 is 137 Å². The molecule has 0 aliphatic carbocycles. The van der Waals surface area contributed by atoms with Crippen LogP contribution in [0.1, 0.15) is 141 Å². The molecule has 4 aliphatic rings. The number of aromatic nitrogens is 16. The number of carbonyl (C=O) groups excluding carboxylic acids is 1. The molecule has 10 unspecified atom stereocenters. The Kier molecular flexibility index (Phi) is 39.6. The van der Waals surface area contributed by atoms with Crippen LogP contribution in [-0.4, -0.2) is 230 Å². The third kappa shape index (κ3) is 24.3. The van der Waals surface area contributed by atoms with Crippen molar-refractivity contribution in [3.8, 4) is 23.0 Å². The maximum absolute atomic E-state index is 17.9. The zero-order chi connectivity index (χ0) is 102. The van der Waals surface area contributed by atoms with Gasteiger partial charge in [0.1, 0.15) is 125 Å². The number of ketones is 1. The Hall–Kier alpha value is -11.7. The number of fused-ring (bicyclic) bond motifs is 4. The minimum absolute atomic E-state index is 0. The molecule has 0 saturated carbocycles. The Balaban J connectivity index is 0.000000202. The van der Waals surface area contributed by atoms with Crippen LogP contribution in [0, 0.1) is 48.1 Å². The fourth-order valence-corrected chi connectivity index (χ4v) is 18.5. The number of aliphatic hydroxyl groups is 1. The van der Waals surface area contributed by atoms with E-state index in [9.17, 15) is 27.5 Å². The van der Waals surface area contributed by atoms with Gasteiger partial charge in [0.15, 0.2) is 72.2 Å². The molecule has 14 aromatic rings. The van der Waals surface area contributed by atoms with Crippen molar-refractivity contribution in [1.29, 1.82) is 0 Å². The van der Waals surface area contributed by atoms with Crippen LogP contribution < -0.4 is 18.9 Å². The zero-order valence-corrected chi connectivity index (χ0v) is 84.4. The van der Waals surface area contributed by atoms with E-state index in [0.29, 0.717) is 121 Å². The number of methoxy groups -OCH3 is 4. The van der Waals surface area contributed by atoms with Gasteiger partial charge in [-0.25, -0.2) is 83.9 Å². The number of ether oxygens (including phenoxy) is 10. The Morgan fingerprint density at radius 1 is 0.444 bits per heavy atom. The number of imidazole rings is 4. The second-order valence-corrected chi connectivity index (χ2v) is 34.8. The number of nitrogens with zero attached hydrogens (tertiary/aromatic N) is 17. The van der Waals surface area contributed by atoms with Gasteiger partial charge in [0.2, 0.25) is 12.3 Å². The number of hydrogen-bond donors (Lipinski definition) is 1. The summed E-state index contributed by atoms with van der Waals surface area (Å²) in [4.78, 5) is 64.8. The molecule has 43 heteroatoms.